The lowest BCUT2D eigenvalue weighted by Gasteiger charge is -2.11. The maximum atomic E-state index is 3.29. The molecule has 1 aromatic rings. The molecule has 1 aliphatic heterocycles. The molecule has 0 bridgehead atoms. The van der Waals surface area contributed by atoms with Gasteiger partial charge in [0, 0.05) is 4.91 Å². The van der Waals surface area contributed by atoms with Crippen LogP contribution in [-0.4, -0.2) is 6.26 Å². The molecule has 0 saturated carbocycles. The summed E-state index contributed by atoms with van der Waals surface area (Å²) in [5.74, 6) is 0. The largest absolute Gasteiger partial charge is 0.208 e. The van der Waals surface area contributed by atoms with E-state index >= 15 is 0 Å². The van der Waals surface area contributed by atoms with Gasteiger partial charge in [0.1, 0.15) is 0 Å². The van der Waals surface area contributed by atoms with Crippen LogP contribution in [0.1, 0.15) is 5.56 Å². The molecule has 0 amide bonds. The molecule has 2 rings (SSSR count). The van der Waals surface area contributed by atoms with Crippen LogP contribution in [0.5, 0.6) is 0 Å². The maximum absolute atomic E-state index is 3.29. The van der Waals surface area contributed by atoms with E-state index in [-0.39, 0.29) is 10.9 Å². The molecule has 1 heterocycles. The van der Waals surface area contributed by atoms with Crippen molar-refractivity contribution in [2.75, 3.05) is 6.26 Å². The van der Waals surface area contributed by atoms with E-state index in [1.54, 1.807) is 0 Å². The molecule has 1 aromatic carbocycles. The van der Waals surface area contributed by atoms with Gasteiger partial charge in [-0.15, -0.1) is 0 Å². The molecule has 0 saturated heterocycles. The highest BCUT2D eigenvalue weighted by molar-refractivity contribution is 8.27. The molecule has 1 radical (unpaired) electrons. The molecule has 0 fully saturated rings. The van der Waals surface area contributed by atoms with E-state index in [1.807, 2.05) is 12.1 Å². The Bertz CT molecular complexity index is 322. The van der Waals surface area contributed by atoms with Crippen LogP contribution < -0.4 is 0 Å². The second-order valence-electron chi connectivity index (χ2n) is 2.79. The average molecular weight is 175 g/mol. The van der Waals surface area contributed by atoms with Crippen LogP contribution >= 0.6 is 10.9 Å². The van der Waals surface area contributed by atoms with Gasteiger partial charge in [-0.2, -0.15) is 0 Å². The first-order valence-corrected chi connectivity index (χ1v) is 5.82. The quantitative estimate of drug-likeness (QED) is 0.623. The Labute approximate surface area is 76.0 Å². The molecule has 1 aliphatic rings. The van der Waals surface area contributed by atoms with Crippen LogP contribution in [0.3, 0.4) is 0 Å². The number of hydrogen-bond donors (Lipinski definition) is 1. The average Bonchev–Trinajstić information content (AvgIpc) is 2.53. The van der Waals surface area contributed by atoms with Gasteiger partial charge in [-0.25, -0.2) is 10.9 Å². The van der Waals surface area contributed by atoms with Crippen molar-refractivity contribution in [2.24, 2.45) is 0 Å². The van der Waals surface area contributed by atoms with Crippen molar-refractivity contribution in [1.82, 2.24) is 0 Å². The highest BCUT2D eigenvalue weighted by Crippen LogP contribution is 2.43. The van der Waals surface area contributed by atoms with Crippen molar-refractivity contribution in [3.05, 3.63) is 53.5 Å². The Morgan fingerprint density at radius 2 is 1.92 bits per heavy atom. The topological polar surface area (TPSA) is 0 Å². The van der Waals surface area contributed by atoms with Crippen LogP contribution in [0.15, 0.2) is 41.8 Å². The Hall–Kier alpha value is -0.950. The molecule has 1 heteroatoms. The van der Waals surface area contributed by atoms with E-state index < -0.39 is 0 Å². The summed E-state index contributed by atoms with van der Waals surface area (Å²) in [6.45, 7) is 0. The Kier molecular flexibility index (Phi) is 2.05. The van der Waals surface area contributed by atoms with Crippen molar-refractivity contribution >= 4 is 15.8 Å². The fourth-order valence-electron chi connectivity index (χ4n) is 1.29. The zero-order chi connectivity index (χ0) is 8.39. The van der Waals surface area contributed by atoms with Gasteiger partial charge < -0.3 is 0 Å². The summed E-state index contributed by atoms with van der Waals surface area (Å²) in [4.78, 5) is 1.37. The van der Waals surface area contributed by atoms with E-state index in [4.69, 9.17) is 0 Å². The fraction of sp³-hybridized carbons (Fsp3) is 0.0909. The van der Waals surface area contributed by atoms with E-state index in [1.165, 1.54) is 10.5 Å². The summed E-state index contributed by atoms with van der Waals surface area (Å²) in [7, 11) is -0.0797. The van der Waals surface area contributed by atoms with E-state index in [0.29, 0.717) is 0 Å². The lowest BCUT2D eigenvalue weighted by atomic mass is 10.2. The van der Waals surface area contributed by atoms with Crippen LogP contribution in [0.25, 0.3) is 4.91 Å². The number of benzene rings is 1. The molecule has 1 atom stereocenters. The first kappa shape index (κ1) is 7.69. The first-order chi connectivity index (χ1) is 5.88. The highest BCUT2D eigenvalue weighted by Gasteiger charge is 2.07. The molecule has 0 spiro atoms. The van der Waals surface area contributed by atoms with E-state index in [2.05, 4.69) is 42.0 Å². The molecule has 0 aromatic heterocycles. The molecular formula is C11H11S. The van der Waals surface area contributed by atoms with Crippen molar-refractivity contribution in [2.45, 2.75) is 0 Å². The second-order valence-corrected chi connectivity index (χ2v) is 4.75. The summed E-state index contributed by atoms with van der Waals surface area (Å²) in [6.07, 6.45) is 7.58. The zero-order valence-corrected chi connectivity index (χ0v) is 7.88. The van der Waals surface area contributed by atoms with Gasteiger partial charge in [0.25, 0.3) is 0 Å². The predicted octanol–water partition coefficient (Wildman–Crippen LogP) is 2.99. The molecule has 0 N–H and O–H groups in total. The molecule has 0 nitrogen and oxygen atoms in total. The minimum Gasteiger partial charge on any atom is -0.208 e. The standard InChI is InChI=1S/C11H11S/c1-12-9-5-8-11(12)10-6-3-2-4-7-10/h2-7,9,12H,1H3. The molecule has 0 aliphatic carbocycles. The molecule has 1 unspecified atom stereocenters. The minimum atomic E-state index is -0.0797. The van der Waals surface area contributed by atoms with Gasteiger partial charge in [0.05, 0.1) is 0 Å². The van der Waals surface area contributed by atoms with Crippen molar-refractivity contribution in [1.29, 1.82) is 0 Å². The van der Waals surface area contributed by atoms with Gasteiger partial charge in [-0.3, -0.25) is 0 Å². The van der Waals surface area contributed by atoms with Crippen molar-refractivity contribution in [3.63, 3.8) is 0 Å². The van der Waals surface area contributed by atoms with Gasteiger partial charge in [0.2, 0.25) is 0 Å². The SMILES string of the molecule is C[SH]1C=C[C]=C1c1ccccc1. The molecule has 12 heavy (non-hydrogen) atoms. The fourth-order valence-corrected chi connectivity index (χ4v) is 2.57. The van der Waals surface area contributed by atoms with Crippen molar-refractivity contribution < 1.29 is 0 Å². The summed E-state index contributed by atoms with van der Waals surface area (Å²) < 4.78 is 0. The normalized spacial score (nSPS) is 24.1. The molecular weight excluding hydrogens is 164 g/mol. The van der Waals surface area contributed by atoms with Crippen LogP contribution in [0.2, 0.25) is 0 Å². The third kappa shape index (κ3) is 1.32. The lowest BCUT2D eigenvalue weighted by molar-refractivity contribution is 1.65. The monoisotopic (exact) mass is 175 g/mol. The molecule has 61 valence electrons. The summed E-state index contributed by atoms with van der Waals surface area (Å²) in [5.41, 5.74) is 1.32. The van der Waals surface area contributed by atoms with Crippen LogP contribution in [-0.2, 0) is 0 Å². The Morgan fingerprint density at radius 1 is 1.17 bits per heavy atom. The summed E-state index contributed by atoms with van der Waals surface area (Å²) >= 11 is 0. The third-order valence-electron chi connectivity index (χ3n) is 1.92. The number of hydrogen-bond acceptors (Lipinski definition) is 0. The predicted molar refractivity (Wildman–Crippen MR) is 57.1 cm³/mol. The number of allylic oxidation sites excluding steroid dienone is 2. The van der Waals surface area contributed by atoms with E-state index in [0.717, 1.165) is 0 Å². The van der Waals surface area contributed by atoms with Gasteiger partial charge >= 0.3 is 0 Å². The summed E-state index contributed by atoms with van der Waals surface area (Å²) in [5, 5.41) is 2.23. The van der Waals surface area contributed by atoms with Gasteiger partial charge in [-0.1, -0.05) is 30.3 Å². The minimum absolute atomic E-state index is 0.0797. The zero-order valence-electron chi connectivity index (χ0n) is 6.99. The maximum Gasteiger partial charge on any atom is 0.00594 e. The Morgan fingerprint density at radius 3 is 2.50 bits per heavy atom. The highest BCUT2D eigenvalue weighted by atomic mass is 32.2. The van der Waals surface area contributed by atoms with Crippen LogP contribution in [0, 0.1) is 6.08 Å². The smallest absolute Gasteiger partial charge is 0.00594 e. The van der Waals surface area contributed by atoms with E-state index in [9.17, 15) is 0 Å². The second kappa shape index (κ2) is 3.20. The number of rotatable bonds is 1. The van der Waals surface area contributed by atoms with Gasteiger partial charge in [0.15, 0.2) is 0 Å². The summed E-state index contributed by atoms with van der Waals surface area (Å²) in [6, 6.07) is 10.5. The Balaban J connectivity index is 2.34. The first-order valence-electron chi connectivity index (χ1n) is 3.96. The third-order valence-corrected chi connectivity index (χ3v) is 3.61. The van der Waals surface area contributed by atoms with Gasteiger partial charge in [-0.05, 0) is 29.4 Å². The number of thiol groups is 1. The lowest BCUT2D eigenvalue weighted by Crippen LogP contribution is -1.79. The van der Waals surface area contributed by atoms with Crippen molar-refractivity contribution in [3.8, 4) is 0 Å². The van der Waals surface area contributed by atoms with Crippen LogP contribution in [0.4, 0.5) is 0 Å².